The van der Waals surface area contributed by atoms with Gasteiger partial charge >= 0.3 is 11.9 Å². The first-order valence-electron chi connectivity index (χ1n) is 8.67. The van der Waals surface area contributed by atoms with Crippen molar-refractivity contribution in [3.8, 4) is 11.8 Å². The van der Waals surface area contributed by atoms with E-state index in [0.29, 0.717) is 5.56 Å². The maximum Gasteiger partial charge on any atom is 0.384 e. The summed E-state index contributed by atoms with van der Waals surface area (Å²) in [7, 11) is 0. The van der Waals surface area contributed by atoms with Crippen molar-refractivity contribution in [1.82, 2.24) is 0 Å². The van der Waals surface area contributed by atoms with E-state index >= 15 is 0 Å². The van der Waals surface area contributed by atoms with Crippen molar-refractivity contribution >= 4 is 11.9 Å². The van der Waals surface area contributed by atoms with Gasteiger partial charge < -0.3 is 14.2 Å². The van der Waals surface area contributed by atoms with Crippen LogP contribution in [0.2, 0.25) is 0 Å². The second-order valence-corrected chi connectivity index (χ2v) is 6.35. The summed E-state index contributed by atoms with van der Waals surface area (Å²) in [4.78, 5) is 23.8. The standard InChI is InChI=1S/C20H22O5/c1-3-23-18(22)12-14-19(24-15(2)21,16-9-5-4-6-10-16)20-13-8-7-11-17(20)25-20/h4-6,9-10,17H,3,7-8,11,13H2,1-2H3/t17-,19+,20+/m0/s1. The fraction of sp³-hybridized carbons (Fsp3) is 0.500. The lowest BCUT2D eigenvalue weighted by Crippen LogP contribution is -2.48. The minimum absolute atomic E-state index is 0.0164. The second-order valence-electron chi connectivity index (χ2n) is 6.35. The van der Waals surface area contributed by atoms with Gasteiger partial charge in [0.15, 0.2) is 5.60 Å². The first-order valence-corrected chi connectivity index (χ1v) is 8.67. The number of rotatable bonds is 4. The molecule has 132 valence electrons. The average Bonchev–Trinajstić information content (AvgIpc) is 3.35. The Hall–Kier alpha value is -2.32. The molecule has 1 aliphatic carbocycles. The SMILES string of the molecule is CCOC(=O)C#C[C@@](OC(C)=O)(c1ccccc1)[C@@]12CCCC[C@@H]1O2. The molecule has 1 saturated carbocycles. The zero-order chi connectivity index (χ0) is 17.9. The molecule has 1 heterocycles. The van der Waals surface area contributed by atoms with E-state index in [2.05, 4.69) is 11.8 Å². The summed E-state index contributed by atoms with van der Waals surface area (Å²) >= 11 is 0. The fourth-order valence-corrected chi connectivity index (χ4v) is 3.72. The van der Waals surface area contributed by atoms with Gasteiger partial charge in [0.1, 0.15) is 0 Å². The lowest BCUT2D eigenvalue weighted by molar-refractivity contribution is -0.159. The monoisotopic (exact) mass is 342 g/mol. The molecular weight excluding hydrogens is 320 g/mol. The fourth-order valence-electron chi connectivity index (χ4n) is 3.72. The molecule has 2 fully saturated rings. The van der Waals surface area contributed by atoms with Gasteiger partial charge in [-0.05, 0) is 25.7 Å². The second kappa shape index (κ2) is 6.89. The molecular formula is C20H22O5. The minimum Gasteiger partial charge on any atom is -0.456 e. The molecule has 0 radical (unpaired) electrons. The molecule has 1 aromatic carbocycles. The quantitative estimate of drug-likeness (QED) is 0.364. The number of benzene rings is 1. The summed E-state index contributed by atoms with van der Waals surface area (Å²) in [5, 5.41) is 0. The molecule has 0 N–H and O–H groups in total. The van der Waals surface area contributed by atoms with E-state index in [1.165, 1.54) is 6.92 Å². The highest BCUT2D eigenvalue weighted by atomic mass is 16.7. The Kier molecular flexibility index (Phi) is 4.82. The van der Waals surface area contributed by atoms with Crippen LogP contribution in [0.5, 0.6) is 0 Å². The number of hydrogen-bond acceptors (Lipinski definition) is 5. The molecule has 1 saturated heterocycles. The zero-order valence-corrected chi connectivity index (χ0v) is 14.5. The normalized spacial score (nSPS) is 26.2. The predicted molar refractivity (Wildman–Crippen MR) is 90.4 cm³/mol. The Balaban J connectivity index is 2.11. The van der Waals surface area contributed by atoms with E-state index in [0.717, 1.165) is 25.7 Å². The number of epoxide rings is 1. The van der Waals surface area contributed by atoms with Crippen LogP contribution in [0.25, 0.3) is 0 Å². The van der Waals surface area contributed by atoms with Gasteiger partial charge in [-0.25, -0.2) is 4.79 Å². The molecule has 0 unspecified atom stereocenters. The molecule has 25 heavy (non-hydrogen) atoms. The zero-order valence-electron chi connectivity index (χ0n) is 14.5. The van der Waals surface area contributed by atoms with Crippen LogP contribution in [-0.2, 0) is 29.4 Å². The van der Waals surface area contributed by atoms with Gasteiger partial charge in [0.2, 0.25) is 5.60 Å². The highest BCUT2D eigenvalue weighted by Gasteiger charge is 2.71. The molecule has 0 aromatic heterocycles. The van der Waals surface area contributed by atoms with Crippen LogP contribution in [-0.4, -0.2) is 30.3 Å². The van der Waals surface area contributed by atoms with Gasteiger partial charge in [0, 0.05) is 18.4 Å². The summed E-state index contributed by atoms with van der Waals surface area (Å²) in [5.74, 6) is 4.33. The first-order chi connectivity index (χ1) is 12.0. The molecule has 0 spiro atoms. The van der Waals surface area contributed by atoms with Crippen molar-refractivity contribution in [2.45, 2.75) is 56.8 Å². The number of fused-ring (bicyclic) bond motifs is 1. The van der Waals surface area contributed by atoms with Crippen molar-refractivity contribution in [2.75, 3.05) is 6.61 Å². The van der Waals surface area contributed by atoms with Crippen LogP contribution < -0.4 is 0 Å². The van der Waals surface area contributed by atoms with Crippen molar-refractivity contribution in [2.24, 2.45) is 0 Å². The average molecular weight is 342 g/mol. The van der Waals surface area contributed by atoms with Gasteiger partial charge in [0.05, 0.1) is 12.7 Å². The largest absolute Gasteiger partial charge is 0.456 e. The first kappa shape index (κ1) is 17.5. The third kappa shape index (κ3) is 3.14. The predicted octanol–water partition coefficient (Wildman–Crippen LogP) is 2.72. The van der Waals surface area contributed by atoms with E-state index in [1.807, 2.05) is 30.3 Å². The van der Waals surface area contributed by atoms with Crippen LogP contribution in [0.3, 0.4) is 0 Å². The highest BCUT2D eigenvalue weighted by molar-refractivity contribution is 5.89. The molecule has 0 amide bonds. The van der Waals surface area contributed by atoms with E-state index in [1.54, 1.807) is 6.92 Å². The van der Waals surface area contributed by atoms with Gasteiger partial charge in [0.25, 0.3) is 0 Å². The minimum atomic E-state index is -1.31. The van der Waals surface area contributed by atoms with Crippen molar-refractivity contribution < 1.29 is 23.8 Å². The van der Waals surface area contributed by atoms with E-state index in [4.69, 9.17) is 14.2 Å². The molecule has 5 nitrogen and oxygen atoms in total. The lowest BCUT2D eigenvalue weighted by atomic mass is 9.73. The molecule has 2 aliphatic rings. The van der Waals surface area contributed by atoms with Gasteiger partial charge in [-0.1, -0.05) is 43.2 Å². The number of carbonyl (C=O) groups is 2. The third-order valence-electron chi connectivity index (χ3n) is 4.77. The molecule has 5 heteroatoms. The third-order valence-corrected chi connectivity index (χ3v) is 4.77. The Morgan fingerprint density at radius 1 is 1.32 bits per heavy atom. The van der Waals surface area contributed by atoms with Crippen molar-refractivity contribution in [1.29, 1.82) is 0 Å². The van der Waals surface area contributed by atoms with Crippen LogP contribution in [0, 0.1) is 11.8 Å². The maximum absolute atomic E-state index is 11.9. The van der Waals surface area contributed by atoms with Crippen molar-refractivity contribution in [3.63, 3.8) is 0 Å². The molecule has 1 aliphatic heterocycles. The summed E-state index contributed by atoms with van der Waals surface area (Å²) in [5.41, 5.74) is -1.29. The smallest absolute Gasteiger partial charge is 0.384 e. The number of ether oxygens (including phenoxy) is 3. The van der Waals surface area contributed by atoms with Crippen LogP contribution >= 0.6 is 0 Å². The van der Waals surface area contributed by atoms with Gasteiger partial charge in [-0.15, -0.1) is 0 Å². The van der Waals surface area contributed by atoms with Gasteiger partial charge in [-0.2, -0.15) is 0 Å². The summed E-state index contributed by atoms with van der Waals surface area (Å²) in [6, 6.07) is 9.30. The molecule has 1 aromatic rings. The number of esters is 2. The van der Waals surface area contributed by atoms with E-state index < -0.39 is 23.1 Å². The Morgan fingerprint density at radius 2 is 2.08 bits per heavy atom. The van der Waals surface area contributed by atoms with Crippen molar-refractivity contribution in [3.05, 3.63) is 35.9 Å². The topological polar surface area (TPSA) is 65.1 Å². The summed E-state index contributed by atoms with van der Waals surface area (Å²) < 4.78 is 16.8. The Bertz CT molecular complexity index is 717. The number of carbonyl (C=O) groups excluding carboxylic acids is 2. The van der Waals surface area contributed by atoms with Crippen LogP contribution in [0.15, 0.2) is 30.3 Å². The summed E-state index contributed by atoms with van der Waals surface area (Å²) in [6.45, 7) is 3.31. The molecule has 0 bridgehead atoms. The Morgan fingerprint density at radius 3 is 2.72 bits per heavy atom. The molecule has 3 rings (SSSR count). The van der Waals surface area contributed by atoms with E-state index in [9.17, 15) is 9.59 Å². The van der Waals surface area contributed by atoms with Crippen LogP contribution in [0.4, 0.5) is 0 Å². The van der Waals surface area contributed by atoms with Crippen LogP contribution in [0.1, 0.15) is 45.1 Å². The lowest BCUT2D eigenvalue weighted by Gasteiger charge is -2.36. The Labute approximate surface area is 147 Å². The summed E-state index contributed by atoms with van der Waals surface area (Å²) in [6.07, 6.45) is 3.65. The molecule has 3 atom stereocenters. The maximum atomic E-state index is 11.9. The highest BCUT2D eigenvalue weighted by Crippen LogP contribution is 2.59. The number of hydrogen-bond donors (Lipinski definition) is 0. The van der Waals surface area contributed by atoms with E-state index in [-0.39, 0.29) is 12.7 Å². The van der Waals surface area contributed by atoms with Gasteiger partial charge in [-0.3, -0.25) is 4.79 Å².